The number of ether oxygens (including phenoxy) is 1. The van der Waals surface area contributed by atoms with Gasteiger partial charge in [-0.3, -0.25) is 4.90 Å². The summed E-state index contributed by atoms with van der Waals surface area (Å²) in [5.41, 5.74) is 2.67. The van der Waals surface area contributed by atoms with Gasteiger partial charge >= 0.3 is 0 Å². The second-order valence-corrected chi connectivity index (χ2v) is 5.31. The summed E-state index contributed by atoms with van der Waals surface area (Å²) >= 11 is 0. The predicted octanol–water partition coefficient (Wildman–Crippen LogP) is 3.00. The van der Waals surface area contributed by atoms with Crippen molar-refractivity contribution in [3.8, 4) is 0 Å². The Hall–Kier alpha value is -0.900. The van der Waals surface area contributed by atoms with Gasteiger partial charge in [-0.15, -0.1) is 0 Å². The zero-order chi connectivity index (χ0) is 15.0. The molecule has 0 saturated carbocycles. The molecule has 0 aliphatic carbocycles. The van der Waals surface area contributed by atoms with Crippen LogP contribution in [0.4, 0.5) is 0 Å². The first-order valence-corrected chi connectivity index (χ1v) is 7.66. The molecule has 3 heteroatoms. The van der Waals surface area contributed by atoms with Crippen LogP contribution in [0.2, 0.25) is 0 Å². The summed E-state index contributed by atoms with van der Waals surface area (Å²) in [5, 5.41) is 3.63. The minimum absolute atomic E-state index is 0.359. The third-order valence-electron chi connectivity index (χ3n) is 3.91. The summed E-state index contributed by atoms with van der Waals surface area (Å²) in [7, 11) is 1.76. The molecule has 1 N–H and O–H groups in total. The van der Waals surface area contributed by atoms with Gasteiger partial charge in [-0.1, -0.05) is 43.7 Å². The standard InChI is InChI=1S/C17H30N2O/c1-6-18-17(16-10-8-14(3)9-11-16)15(4)19(7-2)12-13-20-5/h8-11,15,17-18H,6-7,12-13H2,1-5H3. The van der Waals surface area contributed by atoms with E-state index >= 15 is 0 Å². The quantitative estimate of drug-likeness (QED) is 0.751. The maximum absolute atomic E-state index is 5.22. The Balaban J connectivity index is 2.84. The monoisotopic (exact) mass is 278 g/mol. The minimum Gasteiger partial charge on any atom is -0.383 e. The van der Waals surface area contributed by atoms with Crippen molar-refractivity contribution in [3.63, 3.8) is 0 Å². The summed E-state index contributed by atoms with van der Waals surface area (Å²) in [6, 6.07) is 9.66. The van der Waals surface area contributed by atoms with Crippen LogP contribution in [0.1, 0.15) is 37.9 Å². The van der Waals surface area contributed by atoms with Crippen LogP contribution in [0, 0.1) is 6.92 Å². The van der Waals surface area contributed by atoms with E-state index in [1.165, 1.54) is 11.1 Å². The molecule has 1 rings (SSSR count). The van der Waals surface area contributed by atoms with Gasteiger partial charge in [0.05, 0.1) is 6.61 Å². The molecule has 0 saturated heterocycles. The van der Waals surface area contributed by atoms with Gasteiger partial charge in [-0.2, -0.15) is 0 Å². The molecule has 2 atom stereocenters. The van der Waals surface area contributed by atoms with Crippen LogP contribution in [-0.2, 0) is 4.74 Å². The summed E-state index contributed by atoms with van der Waals surface area (Å²) in [5.74, 6) is 0. The summed E-state index contributed by atoms with van der Waals surface area (Å²) in [6.07, 6.45) is 0. The van der Waals surface area contributed by atoms with Crippen LogP contribution in [0.3, 0.4) is 0 Å². The molecular formula is C17H30N2O. The molecule has 114 valence electrons. The summed E-state index contributed by atoms with van der Waals surface area (Å²) < 4.78 is 5.22. The van der Waals surface area contributed by atoms with Gasteiger partial charge in [0.25, 0.3) is 0 Å². The van der Waals surface area contributed by atoms with E-state index in [0.29, 0.717) is 12.1 Å². The summed E-state index contributed by atoms with van der Waals surface area (Å²) in [6.45, 7) is 12.6. The minimum atomic E-state index is 0.359. The maximum Gasteiger partial charge on any atom is 0.0589 e. The molecule has 1 aromatic carbocycles. The molecule has 0 amide bonds. The van der Waals surface area contributed by atoms with Crippen LogP contribution >= 0.6 is 0 Å². The van der Waals surface area contributed by atoms with Crippen LogP contribution in [0.5, 0.6) is 0 Å². The molecule has 20 heavy (non-hydrogen) atoms. The van der Waals surface area contributed by atoms with Crippen molar-refractivity contribution < 1.29 is 4.74 Å². The van der Waals surface area contributed by atoms with Gasteiger partial charge in [0.1, 0.15) is 0 Å². The SMILES string of the molecule is CCNC(c1ccc(C)cc1)C(C)N(CC)CCOC. The lowest BCUT2D eigenvalue weighted by molar-refractivity contribution is 0.113. The number of benzene rings is 1. The predicted molar refractivity (Wildman–Crippen MR) is 86.2 cm³/mol. The average Bonchev–Trinajstić information content (AvgIpc) is 2.46. The molecule has 1 aromatic rings. The van der Waals surface area contributed by atoms with Crippen LogP contribution in [0.25, 0.3) is 0 Å². The lowest BCUT2D eigenvalue weighted by atomic mass is 9.98. The van der Waals surface area contributed by atoms with Crippen molar-refractivity contribution in [3.05, 3.63) is 35.4 Å². The third-order valence-corrected chi connectivity index (χ3v) is 3.91. The van der Waals surface area contributed by atoms with Gasteiger partial charge in [0.15, 0.2) is 0 Å². The molecule has 0 bridgehead atoms. The van der Waals surface area contributed by atoms with Gasteiger partial charge in [-0.05, 0) is 32.5 Å². The summed E-state index contributed by atoms with van der Waals surface area (Å²) in [4.78, 5) is 2.47. The number of nitrogens with zero attached hydrogens (tertiary/aromatic N) is 1. The molecule has 0 radical (unpaired) electrons. The second-order valence-electron chi connectivity index (χ2n) is 5.31. The molecule has 0 aliphatic rings. The first-order chi connectivity index (χ1) is 9.63. The fraction of sp³-hybridized carbons (Fsp3) is 0.647. The fourth-order valence-corrected chi connectivity index (χ4v) is 2.63. The lowest BCUT2D eigenvalue weighted by Gasteiger charge is -2.34. The zero-order valence-electron chi connectivity index (χ0n) is 13.6. The zero-order valence-corrected chi connectivity index (χ0v) is 13.6. The van der Waals surface area contributed by atoms with E-state index in [0.717, 1.165) is 26.2 Å². The van der Waals surface area contributed by atoms with Crippen LogP contribution < -0.4 is 5.32 Å². The second kappa shape index (κ2) is 9.11. The first kappa shape index (κ1) is 17.2. The molecule has 0 aliphatic heterocycles. The van der Waals surface area contributed by atoms with E-state index in [9.17, 15) is 0 Å². The number of nitrogens with one attached hydrogen (secondary N) is 1. The Labute approximate surface area is 124 Å². The van der Waals surface area contributed by atoms with E-state index in [4.69, 9.17) is 4.74 Å². The highest BCUT2D eigenvalue weighted by molar-refractivity contribution is 5.25. The highest BCUT2D eigenvalue weighted by atomic mass is 16.5. The van der Waals surface area contributed by atoms with E-state index < -0.39 is 0 Å². The fourth-order valence-electron chi connectivity index (χ4n) is 2.63. The number of likely N-dealkylation sites (N-methyl/N-ethyl adjacent to an activating group) is 2. The van der Waals surface area contributed by atoms with E-state index in [1.807, 2.05) is 0 Å². The Morgan fingerprint density at radius 2 is 1.85 bits per heavy atom. The number of methoxy groups -OCH3 is 1. The molecule has 0 heterocycles. The van der Waals surface area contributed by atoms with Crippen molar-refractivity contribution in [1.29, 1.82) is 0 Å². The largest absolute Gasteiger partial charge is 0.383 e. The van der Waals surface area contributed by atoms with Crippen molar-refractivity contribution in [2.24, 2.45) is 0 Å². The number of hydrogen-bond donors (Lipinski definition) is 1. The maximum atomic E-state index is 5.22. The van der Waals surface area contributed by atoms with E-state index in [-0.39, 0.29) is 0 Å². The normalized spacial score (nSPS) is 14.5. The number of hydrogen-bond acceptors (Lipinski definition) is 3. The Morgan fingerprint density at radius 1 is 1.20 bits per heavy atom. The van der Waals surface area contributed by atoms with Crippen molar-refractivity contribution >= 4 is 0 Å². The molecule has 2 unspecified atom stereocenters. The van der Waals surface area contributed by atoms with Crippen LogP contribution in [-0.4, -0.2) is 44.3 Å². The highest BCUT2D eigenvalue weighted by Crippen LogP contribution is 2.21. The topological polar surface area (TPSA) is 24.5 Å². The Kier molecular flexibility index (Phi) is 7.82. The van der Waals surface area contributed by atoms with E-state index in [2.05, 4.69) is 62.2 Å². The Morgan fingerprint density at radius 3 is 2.35 bits per heavy atom. The van der Waals surface area contributed by atoms with E-state index in [1.54, 1.807) is 7.11 Å². The first-order valence-electron chi connectivity index (χ1n) is 7.66. The molecule has 0 spiro atoms. The molecular weight excluding hydrogens is 248 g/mol. The average molecular weight is 278 g/mol. The molecule has 0 aromatic heterocycles. The molecule has 0 fully saturated rings. The van der Waals surface area contributed by atoms with Gasteiger partial charge in [0.2, 0.25) is 0 Å². The van der Waals surface area contributed by atoms with Gasteiger partial charge in [-0.25, -0.2) is 0 Å². The highest BCUT2D eigenvalue weighted by Gasteiger charge is 2.23. The number of aryl methyl sites for hydroxylation is 1. The van der Waals surface area contributed by atoms with Crippen molar-refractivity contribution in [2.75, 3.05) is 33.4 Å². The smallest absolute Gasteiger partial charge is 0.0589 e. The molecule has 3 nitrogen and oxygen atoms in total. The lowest BCUT2D eigenvalue weighted by Crippen LogP contribution is -2.44. The van der Waals surface area contributed by atoms with Crippen molar-refractivity contribution in [1.82, 2.24) is 10.2 Å². The van der Waals surface area contributed by atoms with Gasteiger partial charge < -0.3 is 10.1 Å². The number of rotatable bonds is 9. The Bertz CT molecular complexity index is 364. The third kappa shape index (κ3) is 4.89. The van der Waals surface area contributed by atoms with Crippen molar-refractivity contribution in [2.45, 2.75) is 39.8 Å². The van der Waals surface area contributed by atoms with Gasteiger partial charge in [0, 0.05) is 25.7 Å². The van der Waals surface area contributed by atoms with Crippen LogP contribution in [0.15, 0.2) is 24.3 Å².